The Morgan fingerprint density at radius 3 is 2.17 bits per heavy atom. The number of hydrogen-bond donors (Lipinski definition) is 1. The smallest absolute Gasteiger partial charge is 0.263 e. The lowest BCUT2D eigenvalue weighted by Crippen LogP contribution is -2.33. The van der Waals surface area contributed by atoms with Crippen molar-refractivity contribution >= 4 is 29.1 Å². The largest absolute Gasteiger partial charge is 0.351 e. The van der Waals surface area contributed by atoms with Crippen molar-refractivity contribution in [1.29, 1.82) is 0 Å². The van der Waals surface area contributed by atoms with Gasteiger partial charge in [0.15, 0.2) is 0 Å². The molecule has 1 aromatic heterocycles. The summed E-state index contributed by atoms with van der Waals surface area (Å²) in [5.74, 6) is -0.465. The Kier molecular flexibility index (Phi) is 5.99. The Morgan fingerprint density at radius 1 is 0.933 bits per heavy atom. The van der Waals surface area contributed by atoms with Crippen LogP contribution in [0.15, 0.2) is 60.7 Å². The molecule has 0 atom stereocenters. The zero-order valence-corrected chi connectivity index (χ0v) is 17.2. The van der Waals surface area contributed by atoms with Crippen LogP contribution < -0.4 is 5.32 Å². The van der Waals surface area contributed by atoms with E-state index in [9.17, 15) is 14.4 Å². The number of carbonyl (C=O) groups is 3. The van der Waals surface area contributed by atoms with Crippen LogP contribution in [0.2, 0.25) is 0 Å². The molecule has 2 aromatic carbocycles. The standard InChI is InChI=1S/C23H21N3O3S/c27-18-12-13-19(28)26(18)15-7-14-24-22(29)21-20(16-8-3-1-4-9-16)25-23(30-21)17-10-5-2-6-11-17/h1-6,8-11H,7,12-15H2,(H,24,29). The summed E-state index contributed by atoms with van der Waals surface area (Å²) < 4.78 is 0. The molecule has 0 unspecified atom stereocenters. The highest BCUT2D eigenvalue weighted by Crippen LogP contribution is 2.33. The Bertz CT molecular complexity index is 1050. The summed E-state index contributed by atoms with van der Waals surface area (Å²) in [7, 11) is 0. The molecule has 2 heterocycles. The first-order valence-electron chi connectivity index (χ1n) is 9.86. The van der Waals surface area contributed by atoms with Gasteiger partial charge in [-0.05, 0) is 6.42 Å². The lowest BCUT2D eigenvalue weighted by atomic mass is 10.1. The number of hydrogen-bond acceptors (Lipinski definition) is 5. The lowest BCUT2D eigenvalue weighted by molar-refractivity contribution is -0.138. The molecule has 30 heavy (non-hydrogen) atoms. The maximum Gasteiger partial charge on any atom is 0.263 e. The molecule has 1 N–H and O–H groups in total. The number of benzene rings is 2. The first-order chi connectivity index (χ1) is 14.6. The number of carbonyl (C=O) groups excluding carboxylic acids is 3. The summed E-state index contributed by atoms with van der Waals surface area (Å²) >= 11 is 1.36. The molecule has 3 amide bonds. The van der Waals surface area contributed by atoms with Gasteiger partial charge in [0.05, 0.1) is 5.69 Å². The third-order valence-corrected chi connectivity index (χ3v) is 6.00. The molecular weight excluding hydrogens is 398 g/mol. The second kappa shape index (κ2) is 9.00. The minimum Gasteiger partial charge on any atom is -0.351 e. The number of imide groups is 1. The van der Waals surface area contributed by atoms with Crippen molar-refractivity contribution in [2.45, 2.75) is 19.3 Å². The molecule has 0 saturated carbocycles. The molecule has 1 aliphatic heterocycles. The van der Waals surface area contributed by atoms with Crippen LogP contribution in [-0.2, 0) is 9.59 Å². The van der Waals surface area contributed by atoms with Crippen molar-refractivity contribution in [3.8, 4) is 21.8 Å². The predicted molar refractivity (Wildman–Crippen MR) is 116 cm³/mol. The van der Waals surface area contributed by atoms with Gasteiger partial charge in [0.2, 0.25) is 11.8 Å². The van der Waals surface area contributed by atoms with Gasteiger partial charge in [-0.1, -0.05) is 60.7 Å². The van der Waals surface area contributed by atoms with Gasteiger partial charge in [0.25, 0.3) is 5.91 Å². The fourth-order valence-electron chi connectivity index (χ4n) is 3.36. The minimum atomic E-state index is -0.201. The van der Waals surface area contributed by atoms with Gasteiger partial charge in [-0.25, -0.2) is 4.98 Å². The van der Waals surface area contributed by atoms with Crippen LogP contribution in [0, 0.1) is 0 Å². The second-order valence-corrected chi connectivity index (χ2v) is 7.98. The average Bonchev–Trinajstić information content (AvgIpc) is 3.37. The fraction of sp³-hybridized carbons (Fsp3) is 0.217. The zero-order chi connectivity index (χ0) is 20.9. The number of likely N-dealkylation sites (tertiary alicyclic amines) is 1. The summed E-state index contributed by atoms with van der Waals surface area (Å²) in [6.07, 6.45) is 1.09. The van der Waals surface area contributed by atoms with Gasteiger partial charge in [-0.2, -0.15) is 0 Å². The number of amides is 3. The van der Waals surface area contributed by atoms with E-state index in [1.807, 2.05) is 60.7 Å². The van der Waals surface area contributed by atoms with E-state index in [0.29, 0.717) is 30.1 Å². The highest BCUT2D eigenvalue weighted by atomic mass is 32.1. The van der Waals surface area contributed by atoms with E-state index in [0.717, 1.165) is 16.1 Å². The molecule has 0 spiro atoms. The summed E-state index contributed by atoms with van der Waals surface area (Å²) in [5.41, 5.74) is 2.50. The normalized spacial score (nSPS) is 13.7. The molecule has 0 aliphatic carbocycles. The van der Waals surface area contributed by atoms with Gasteiger partial charge in [-0.3, -0.25) is 19.3 Å². The molecule has 7 heteroatoms. The van der Waals surface area contributed by atoms with Gasteiger partial charge >= 0.3 is 0 Å². The zero-order valence-electron chi connectivity index (χ0n) is 16.3. The van der Waals surface area contributed by atoms with E-state index in [1.165, 1.54) is 16.2 Å². The monoisotopic (exact) mass is 419 g/mol. The van der Waals surface area contributed by atoms with E-state index in [4.69, 9.17) is 4.98 Å². The minimum absolute atomic E-state index is 0.132. The van der Waals surface area contributed by atoms with E-state index in [-0.39, 0.29) is 30.6 Å². The molecule has 6 nitrogen and oxygen atoms in total. The Hall–Kier alpha value is -3.32. The number of rotatable bonds is 7. The summed E-state index contributed by atoms with van der Waals surface area (Å²) in [5, 5.41) is 3.69. The van der Waals surface area contributed by atoms with Crippen molar-refractivity contribution in [3.05, 3.63) is 65.5 Å². The van der Waals surface area contributed by atoms with E-state index < -0.39 is 0 Å². The third kappa shape index (κ3) is 4.31. The highest BCUT2D eigenvalue weighted by Gasteiger charge is 2.28. The van der Waals surface area contributed by atoms with Gasteiger partial charge < -0.3 is 5.32 Å². The lowest BCUT2D eigenvalue weighted by Gasteiger charge is -2.13. The molecule has 0 bridgehead atoms. The molecule has 4 rings (SSSR count). The number of nitrogens with zero attached hydrogens (tertiary/aromatic N) is 2. The van der Waals surface area contributed by atoms with Crippen molar-refractivity contribution in [2.24, 2.45) is 0 Å². The van der Waals surface area contributed by atoms with Crippen molar-refractivity contribution < 1.29 is 14.4 Å². The van der Waals surface area contributed by atoms with Crippen molar-refractivity contribution in [1.82, 2.24) is 15.2 Å². The van der Waals surface area contributed by atoms with E-state index in [2.05, 4.69) is 5.32 Å². The van der Waals surface area contributed by atoms with Gasteiger partial charge in [-0.15, -0.1) is 11.3 Å². The number of thiazole rings is 1. The van der Waals surface area contributed by atoms with Crippen molar-refractivity contribution in [2.75, 3.05) is 13.1 Å². The SMILES string of the molecule is O=C(NCCCN1C(=O)CCC1=O)c1sc(-c2ccccc2)nc1-c1ccccc1. The fourth-order valence-corrected chi connectivity index (χ4v) is 4.37. The second-order valence-electron chi connectivity index (χ2n) is 6.98. The van der Waals surface area contributed by atoms with Crippen LogP contribution in [0.25, 0.3) is 21.8 Å². The molecule has 1 saturated heterocycles. The molecule has 0 radical (unpaired) electrons. The molecule has 152 valence electrons. The van der Waals surface area contributed by atoms with Gasteiger partial charge in [0.1, 0.15) is 9.88 Å². The topological polar surface area (TPSA) is 79.4 Å². The Morgan fingerprint density at radius 2 is 1.53 bits per heavy atom. The Balaban J connectivity index is 1.49. The quantitative estimate of drug-likeness (QED) is 0.467. The van der Waals surface area contributed by atoms with Crippen LogP contribution in [0.5, 0.6) is 0 Å². The van der Waals surface area contributed by atoms with E-state index in [1.54, 1.807) is 0 Å². The van der Waals surface area contributed by atoms with Crippen LogP contribution >= 0.6 is 11.3 Å². The first-order valence-corrected chi connectivity index (χ1v) is 10.7. The van der Waals surface area contributed by atoms with Crippen LogP contribution in [0.3, 0.4) is 0 Å². The van der Waals surface area contributed by atoms with Crippen LogP contribution in [0.4, 0.5) is 0 Å². The predicted octanol–water partition coefficient (Wildman–Crippen LogP) is 3.75. The van der Waals surface area contributed by atoms with Crippen LogP contribution in [0.1, 0.15) is 28.9 Å². The molecule has 1 aliphatic rings. The number of aromatic nitrogens is 1. The average molecular weight is 420 g/mol. The van der Waals surface area contributed by atoms with E-state index >= 15 is 0 Å². The first kappa shape index (κ1) is 20.0. The highest BCUT2D eigenvalue weighted by molar-refractivity contribution is 7.17. The van der Waals surface area contributed by atoms with Crippen LogP contribution in [-0.4, -0.2) is 40.7 Å². The number of nitrogens with one attached hydrogen (secondary N) is 1. The maximum absolute atomic E-state index is 12.9. The summed E-state index contributed by atoms with van der Waals surface area (Å²) in [6.45, 7) is 0.712. The Labute approximate surface area is 178 Å². The molecule has 3 aromatic rings. The van der Waals surface area contributed by atoms with Gasteiger partial charge in [0, 0.05) is 37.1 Å². The molecular formula is C23H21N3O3S. The van der Waals surface area contributed by atoms with Crippen molar-refractivity contribution in [3.63, 3.8) is 0 Å². The maximum atomic E-state index is 12.9. The summed E-state index contributed by atoms with van der Waals surface area (Å²) in [4.78, 5) is 42.9. The summed E-state index contributed by atoms with van der Waals surface area (Å²) in [6, 6.07) is 19.4. The third-order valence-electron chi connectivity index (χ3n) is 4.90. The molecule has 1 fully saturated rings.